The number of carbonyl (C=O) groups excluding carboxylic acids is 1. The Balaban J connectivity index is 0.000000690. The van der Waals surface area contributed by atoms with Crippen LogP contribution in [0.4, 0.5) is 0 Å². The van der Waals surface area contributed by atoms with E-state index in [1.807, 2.05) is 19.9 Å². The molecule has 0 aliphatic heterocycles. The molecule has 118 valence electrons. The minimum Gasteiger partial charge on any atom is -0.511 e. The monoisotopic (exact) mass is 338 g/mol. The summed E-state index contributed by atoms with van der Waals surface area (Å²) in [5.74, 6) is -0.187. The number of thioether (sulfide) groups is 1. The van der Waals surface area contributed by atoms with Crippen LogP contribution in [0.5, 0.6) is 0 Å². The van der Waals surface area contributed by atoms with E-state index in [0.717, 1.165) is 23.1 Å². The van der Waals surface area contributed by atoms with Crippen LogP contribution in [-0.2, 0) is 4.79 Å². The summed E-state index contributed by atoms with van der Waals surface area (Å²) in [4.78, 5) is 19.9. The van der Waals surface area contributed by atoms with Crippen molar-refractivity contribution in [3.8, 4) is 0 Å². The second-order valence-electron chi connectivity index (χ2n) is 3.90. The molecule has 0 spiro atoms. The lowest BCUT2D eigenvalue weighted by Gasteiger charge is -2.05. The van der Waals surface area contributed by atoms with Gasteiger partial charge < -0.3 is 5.11 Å². The van der Waals surface area contributed by atoms with Crippen LogP contribution < -0.4 is 14.0 Å². The first kappa shape index (κ1) is 19.8. The number of nitrogens with zero attached hydrogens (tertiary/aromatic N) is 2. The maximum absolute atomic E-state index is 11.3. The van der Waals surface area contributed by atoms with E-state index in [4.69, 9.17) is 18.6 Å². The second kappa shape index (κ2) is 8.27. The number of aromatic nitrogens is 2. The highest BCUT2D eigenvalue weighted by Crippen LogP contribution is 2.26. The Labute approximate surface area is 127 Å². The lowest BCUT2D eigenvalue weighted by molar-refractivity contribution is -1.92. The fourth-order valence-corrected chi connectivity index (χ4v) is 2.08. The van der Waals surface area contributed by atoms with Gasteiger partial charge in [0, 0.05) is 11.4 Å². The zero-order valence-electron chi connectivity index (χ0n) is 11.8. The van der Waals surface area contributed by atoms with Crippen molar-refractivity contribution < 1.29 is 38.8 Å². The number of allylic oxidation sites excluding steroid dienone is 2. The number of halogens is 1. The Morgan fingerprint density at radius 3 is 1.86 bits per heavy atom. The van der Waals surface area contributed by atoms with E-state index >= 15 is 0 Å². The molecule has 1 aromatic heterocycles. The molecule has 8 nitrogen and oxygen atoms in total. The van der Waals surface area contributed by atoms with Crippen molar-refractivity contribution in [3.05, 3.63) is 28.1 Å². The van der Waals surface area contributed by atoms with Crippen molar-refractivity contribution in [2.75, 3.05) is 0 Å². The average molecular weight is 339 g/mol. The van der Waals surface area contributed by atoms with Crippen LogP contribution in [-0.4, -0.2) is 25.5 Å². The second-order valence-corrected chi connectivity index (χ2v) is 5.67. The van der Waals surface area contributed by atoms with Crippen molar-refractivity contribution >= 4 is 17.5 Å². The lowest BCUT2D eigenvalue weighted by Crippen LogP contribution is -2.58. The Morgan fingerprint density at radius 1 is 1.19 bits per heavy atom. The molecule has 0 saturated heterocycles. The molecular formula is C11H15ClN2O6S. The molecule has 0 aliphatic carbocycles. The van der Waals surface area contributed by atoms with Gasteiger partial charge in [-0.25, -0.2) is 9.97 Å². The first-order valence-electron chi connectivity index (χ1n) is 5.44. The van der Waals surface area contributed by atoms with Gasteiger partial charge in [0.25, 0.3) is 0 Å². The van der Waals surface area contributed by atoms with Crippen molar-refractivity contribution in [3.63, 3.8) is 0 Å². The molecule has 0 unspecified atom stereocenters. The van der Waals surface area contributed by atoms with Gasteiger partial charge in [-0.05, 0) is 45.5 Å². The molecule has 0 saturated carbocycles. The summed E-state index contributed by atoms with van der Waals surface area (Å²) in [7, 11) is -4.69. The molecule has 1 aromatic rings. The third-order valence-corrected chi connectivity index (χ3v) is 2.96. The van der Waals surface area contributed by atoms with Gasteiger partial charge in [-0.1, -0.05) is 0 Å². The third kappa shape index (κ3) is 10.2. The van der Waals surface area contributed by atoms with Gasteiger partial charge in [-0.15, -0.1) is 0 Å². The third-order valence-electron chi connectivity index (χ3n) is 1.80. The van der Waals surface area contributed by atoms with E-state index in [2.05, 4.69) is 9.97 Å². The number of hydrogen-bond acceptors (Lipinski definition) is 9. The van der Waals surface area contributed by atoms with Crippen LogP contribution in [0.25, 0.3) is 0 Å². The van der Waals surface area contributed by atoms with Gasteiger partial charge in [-0.3, -0.25) is 4.79 Å². The number of hydrogen-bond donors (Lipinski definition) is 2. The predicted molar refractivity (Wildman–Crippen MR) is 65.6 cm³/mol. The normalized spacial score (nSPS) is 12.2. The SMILES string of the molecule is CC(=O)/C(Sc1nc(C)cc(C)n1)=C(\C)O.[O-][Cl+3]([O-])([O-])O. The van der Waals surface area contributed by atoms with Crippen LogP contribution >= 0.6 is 11.8 Å². The zero-order valence-corrected chi connectivity index (χ0v) is 13.4. The van der Waals surface area contributed by atoms with Crippen LogP contribution in [0.15, 0.2) is 21.9 Å². The van der Waals surface area contributed by atoms with E-state index in [1.54, 1.807) is 0 Å². The van der Waals surface area contributed by atoms with Crippen LogP contribution in [0.2, 0.25) is 0 Å². The van der Waals surface area contributed by atoms with E-state index in [9.17, 15) is 9.90 Å². The summed E-state index contributed by atoms with van der Waals surface area (Å²) in [5.41, 5.74) is 1.68. The van der Waals surface area contributed by atoms with Crippen molar-refractivity contribution in [2.24, 2.45) is 0 Å². The largest absolute Gasteiger partial charge is 0.511 e. The Morgan fingerprint density at radius 2 is 1.57 bits per heavy atom. The summed E-state index contributed by atoms with van der Waals surface area (Å²) in [6.07, 6.45) is 0. The minimum absolute atomic E-state index is 0.000240. The molecule has 21 heavy (non-hydrogen) atoms. The predicted octanol–water partition coefficient (Wildman–Crippen LogP) is -1.56. The fourth-order valence-electron chi connectivity index (χ4n) is 1.23. The molecule has 0 aromatic carbocycles. The van der Waals surface area contributed by atoms with E-state index < -0.39 is 10.2 Å². The molecule has 0 radical (unpaired) electrons. The topological polar surface area (TPSA) is 152 Å². The number of carbonyl (C=O) groups is 1. The Kier molecular flexibility index (Phi) is 7.79. The number of aryl methyl sites for hydroxylation is 2. The van der Waals surface area contributed by atoms with Crippen LogP contribution in [0, 0.1) is 24.1 Å². The zero-order chi connectivity index (χ0) is 16.8. The fraction of sp³-hybridized carbons (Fsp3) is 0.364. The molecule has 0 aliphatic rings. The van der Waals surface area contributed by atoms with Gasteiger partial charge >= 0.3 is 0 Å². The van der Waals surface area contributed by atoms with E-state index in [0.29, 0.717) is 5.16 Å². The summed E-state index contributed by atoms with van der Waals surface area (Å²) >= 11 is 1.09. The lowest BCUT2D eigenvalue weighted by atomic mass is 10.4. The van der Waals surface area contributed by atoms with Gasteiger partial charge in [0.2, 0.25) is 0 Å². The maximum atomic E-state index is 11.3. The molecular weight excluding hydrogens is 324 g/mol. The quantitative estimate of drug-likeness (QED) is 0.288. The smallest absolute Gasteiger partial charge is 0.193 e. The Hall–Kier alpha value is -1.23. The van der Waals surface area contributed by atoms with Gasteiger partial charge in [0.1, 0.15) is 5.76 Å². The van der Waals surface area contributed by atoms with Gasteiger partial charge in [-0.2, -0.15) is 14.0 Å². The highest BCUT2D eigenvalue weighted by atomic mass is 35.7. The standard InChI is InChI=1S/C11H14N2O2S.ClHO4/c1-6-5-7(2)13-11(12-6)16-10(8(3)14)9(4)15;2-1(3,4)5/h5,14H,1-4H3;(H,2,3,4,5)/b10-8-;. The minimum atomic E-state index is -4.69. The molecule has 10 heteroatoms. The van der Waals surface area contributed by atoms with E-state index in [-0.39, 0.29) is 16.4 Å². The highest BCUT2D eigenvalue weighted by Gasteiger charge is 2.12. The first-order valence-corrected chi connectivity index (χ1v) is 7.52. The van der Waals surface area contributed by atoms with Gasteiger partial charge in [0.05, 0.1) is 19.8 Å². The number of rotatable bonds is 3. The summed E-state index contributed by atoms with van der Waals surface area (Å²) < 4.78 is 32.7. The number of aliphatic hydroxyl groups is 1. The average Bonchev–Trinajstić information content (AvgIpc) is 2.21. The van der Waals surface area contributed by atoms with Crippen molar-refractivity contribution in [1.29, 1.82) is 0 Å². The number of ketones is 1. The first-order chi connectivity index (χ1) is 9.40. The maximum Gasteiger partial charge on any atom is 0.193 e. The number of aliphatic hydroxyl groups excluding tert-OH is 1. The Bertz CT molecular complexity index is 514. The van der Waals surface area contributed by atoms with Gasteiger partial charge in [0.15, 0.2) is 10.9 Å². The summed E-state index contributed by atoms with van der Waals surface area (Å²) in [5, 5.41) is 9.85. The molecule has 2 N–H and O–H groups in total. The summed E-state index contributed by atoms with van der Waals surface area (Å²) in [6.45, 7) is 6.61. The molecule has 0 bridgehead atoms. The van der Waals surface area contributed by atoms with E-state index in [1.165, 1.54) is 13.8 Å². The van der Waals surface area contributed by atoms with Crippen LogP contribution in [0.3, 0.4) is 0 Å². The highest BCUT2D eigenvalue weighted by molar-refractivity contribution is 8.03. The van der Waals surface area contributed by atoms with Crippen molar-refractivity contribution in [1.82, 2.24) is 9.97 Å². The molecule has 0 amide bonds. The molecule has 1 rings (SSSR count). The van der Waals surface area contributed by atoms with Crippen molar-refractivity contribution in [2.45, 2.75) is 32.9 Å². The molecule has 0 atom stereocenters. The molecule has 1 heterocycles. The molecule has 0 fully saturated rings. The number of Topliss-reactive ketones (excluding diaryl/α,β-unsaturated/α-hetero) is 1. The summed E-state index contributed by atoms with van der Waals surface area (Å²) in [6, 6.07) is 1.85. The van der Waals surface area contributed by atoms with Crippen LogP contribution in [0.1, 0.15) is 25.2 Å².